The fraction of sp³-hybridized carbons (Fsp3) is 0.350. The van der Waals surface area contributed by atoms with Crippen LogP contribution in [0.15, 0.2) is 48.5 Å². The molecule has 0 unspecified atom stereocenters. The van der Waals surface area contributed by atoms with Gasteiger partial charge < -0.3 is 10.1 Å². The smallest absolute Gasteiger partial charge is 0.272 e. The average molecular weight is 356 g/mol. The number of benzene rings is 2. The van der Waals surface area contributed by atoms with Gasteiger partial charge in [-0.05, 0) is 38.0 Å². The minimum Gasteiger partial charge on any atom is -0.481 e. The number of nitrogens with zero attached hydrogens (tertiary/aromatic N) is 1. The van der Waals surface area contributed by atoms with E-state index in [0.717, 1.165) is 6.42 Å². The lowest BCUT2D eigenvalue weighted by molar-refractivity contribution is -0.385. The zero-order valence-electron chi connectivity index (χ0n) is 15.3. The lowest BCUT2D eigenvalue weighted by Gasteiger charge is -2.19. The summed E-state index contributed by atoms with van der Waals surface area (Å²) in [6.07, 6.45) is 0.227. The molecule has 2 aromatic carbocycles. The molecular formula is C20H24N2O4. The Morgan fingerprint density at radius 2 is 1.92 bits per heavy atom. The molecule has 6 heteroatoms. The molecule has 1 amide bonds. The van der Waals surface area contributed by atoms with Crippen molar-refractivity contribution in [1.82, 2.24) is 5.32 Å². The number of carbonyl (C=O) groups excluding carboxylic acids is 1. The number of nitro benzene ring substituents is 1. The van der Waals surface area contributed by atoms with Gasteiger partial charge in [-0.25, -0.2) is 0 Å². The first-order chi connectivity index (χ1) is 12.4. The Bertz CT molecular complexity index is 762. The van der Waals surface area contributed by atoms with Crippen molar-refractivity contribution in [2.24, 2.45) is 0 Å². The number of aryl methyl sites for hydroxylation is 1. The number of ether oxygens (including phenoxy) is 1. The number of carbonyl (C=O) groups is 1. The Balaban J connectivity index is 1.93. The van der Waals surface area contributed by atoms with Gasteiger partial charge in [0, 0.05) is 24.1 Å². The van der Waals surface area contributed by atoms with E-state index in [1.165, 1.54) is 17.7 Å². The highest BCUT2D eigenvalue weighted by atomic mass is 16.6. The lowest BCUT2D eigenvalue weighted by Crippen LogP contribution is -2.38. The average Bonchev–Trinajstić information content (AvgIpc) is 2.62. The monoisotopic (exact) mass is 356 g/mol. The third-order valence-electron chi connectivity index (χ3n) is 4.33. The number of nitro groups is 1. The molecular weight excluding hydrogens is 332 g/mol. The van der Waals surface area contributed by atoms with Crippen molar-refractivity contribution in [2.45, 2.75) is 39.2 Å². The van der Waals surface area contributed by atoms with Crippen molar-refractivity contribution in [3.8, 4) is 5.75 Å². The van der Waals surface area contributed by atoms with Crippen molar-refractivity contribution in [3.05, 3.63) is 69.8 Å². The van der Waals surface area contributed by atoms with Gasteiger partial charge in [-0.1, -0.05) is 37.3 Å². The van der Waals surface area contributed by atoms with E-state index in [0.29, 0.717) is 17.9 Å². The molecule has 0 saturated heterocycles. The van der Waals surface area contributed by atoms with Crippen LogP contribution < -0.4 is 10.1 Å². The molecule has 2 rings (SSSR count). The Morgan fingerprint density at radius 3 is 2.50 bits per heavy atom. The van der Waals surface area contributed by atoms with Gasteiger partial charge in [0.05, 0.1) is 4.92 Å². The first-order valence-electron chi connectivity index (χ1n) is 8.66. The van der Waals surface area contributed by atoms with Gasteiger partial charge in [-0.3, -0.25) is 14.9 Å². The zero-order valence-corrected chi connectivity index (χ0v) is 15.3. The van der Waals surface area contributed by atoms with Gasteiger partial charge >= 0.3 is 0 Å². The number of hydrogen-bond acceptors (Lipinski definition) is 4. The minimum absolute atomic E-state index is 0.0307. The fourth-order valence-electron chi connectivity index (χ4n) is 2.75. The molecule has 0 aromatic heterocycles. The third-order valence-corrected chi connectivity index (χ3v) is 4.33. The van der Waals surface area contributed by atoms with Gasteiger partial charge in [0.2, 0.25) is 0 Å². The highest BCUT2D eigenvalue weighted by Gasteiger charge is 2.18. The third kappa shape index (κ3) is 5.05. The topological polar surface area (TPSA) is 81.5 Å². The van der Waals surface area contributed by atoms with Crippen LogP contribution in [0, 0.1) is 17.0 Å². The van der Waals surface area contributed by atoms with Crippen LogP contribution in [0.3, 0.4) is 0 Å². The van der Waals surface area contributed by atoms with E-state index in [9.17, 15) is 14.9 Å². The second-order valence-electron chi connectivity index (χ2n) is 6.23. The second kappa shape index (κ2) is 8.99. The number of nitrogens with one attached hydrogen (secondary N) is 1. The molecule has 0 saturated carbocycles. The van der Waals surface area contributed by atoms with Gasteiger partial charge in [0.15, 0.2) is 6.10 Å². The summed E-state index contributed by atoms with van der Waals surface area (Å²) >= 11 is 0. The van der Waals surface area contributed by atoms with E-state index in [4.69, 9.17) is 4.74 Å². The van der Waals surface area contributed by atoms with Crippen LogP contribution in [0.4, 0.5) is 5.69 Å². The Hall–Kier alpha value is -2.89. The standard InChI is InChI=1S/C20H24N2O4/c1-4-16(17-8-6-5-7-9-17)13-21-20(23)15(3)26-18-10-11-19(22(24)25)14(2)12-18/h5-12,15-16H,4,13H2,1-3H3,(H,21,23)/t15-,16-/m0/s1. The van der Waals surface area contributed by atoms with Crippen LogP contribution in [0.25, 0.3) is 0 Å². The van der Waals surface area contributed by atoms with Gasteiger partial charge in [0.25, 0.3) is 11.6 Å². The summed E-state index contributed by atoms with van der Waals surface area (Å²) in [5, 5.41) is 13.8. The van der Waals surface area contributed by atoms with Crippen LogP contribution >= 0.6 is 0 Å². The molecule has 0 heterocycles. The summed E-state index contributed by atoms with van der Waals surface area (Å²) in [7, 11) is 0. The zero-order chi connectivity index (χ0) is 19.1. The molecule has 0 aliphatic carbocycles. The van der Waals surface area contributed by atoms with Crippen LogP contribution in [0.5, 0.6) is 5.75 Å². The summed E-state index contributed by atoms with van der Waals surface area (Å²) in [6, 6.07) is 14.5. The first kappa shape index (κ1) is 19.4. The van der Waals surface area contributed by atoms with Gasteiger partial charge in [0.1, 0.15) is 5.75 Å². The second-order valence-corrected chi connectivity index (χ2v) is 6.23. The molecule has 138 valence electrons. The Morgan fingerprint density at radius 1 is 1.23 bits per heavy atom. The summed E-state index contributed by atoms with van der Waals surface area (Å²) in [6.45, 7) is 5.92. The fourth-order valence-corrected chi connectivity index (χ4v) is 2.75. The van der Waals surface area contributed by atoms with Crippen LogP contribution in [-0.2, 0) is 4.79 Å². The summed E-state index contributed by atoms with van der Waals surface area (Å²) < 4.78 is 5.63. The Kier molecular flexibility index (Phi) is 6.72. The molecule has 1 N–H and O–H groups in total. The van der Waals surface area contributed by atoms with Crippen molar-refractivity contribution in [3.63, 3.8) is 0 Å². The summed E-state index contributed by atoms with van der Waals surface area (Å²) in [5.41, 5.74) is 1.72. The Labute approximate surface area is 153 Å². The van der Waals surface area contributed by atoms with Crippen molar-refractivity contribution in [2.75, 3.05) is 6.54 Å². The SMILES string of the molecule is CC[C@@H](CNC(=O)[C@H](C)Oc1ccc([N+](=O)[O-])c(C)c1)c1ccccc1. The predicted octanol–water partition coefficient (Wildman–Crippen LogP) is 3.98. The highest BCUT2D eigenvalue weighted by molar-refractivity contribution is 5.80. The van der Waals surface area contributed by atoms with Gasteiger partial charge in [-0.15, -0.1) is 0 Å². The summed E-state index contributed by atoms with van der Waals surface area (Å²) in [4.78, 5) is 22.7. The molecule has 2 aromatic rings. The van der Waals surface area contributed by atoms with E-state index in [1.54, 1.807) is 19.9 Å². The minimum atomic E-state index is -0.691. The molecule has 0 aliphatic heterocycles. The molecule has 0 radical (unpaired) electrons. The molecule has 6 nitrogen and oxygen atoms in total. The van der Waals surface area contributed by atoms with Crippen molar-refractivity contribution >= 4 is 11.6 Å². The molecule has 26 heavy (non-hydrogen) atoms. The summed E-state index contributed by atoms with van der Waals surface area (Å²) in [5.74, 6) is 0.468. The maximum Gasteiger partial charge on any atom is 0.272 e. The molecule has 2 atom stereocenters. The number of amides is 1. The van der Waals surface area contributed by atoms with E-state index in [-0.39, 0.29) is 17.5 Å². The van der Waals surface area contributed by atoms with Gasteiger partial charge in [-0.2, -0.15) is 0 Å². The van der Waals surface area contributed by atoms with Crippen LogP contribution in [0.2, 0.25) is 0 Å². The normalized spacial score (nSPS) is 12.9. The van der Waals surface area contributed by atoms with E-state index in [2.05, 4.69) is 24.4 Å². The quantitative estimate of drug-likeness (QED) is 0.573. The molecule has 0 aliphatic rings. The highest BCUT2D eigenvalue weighted by Crippen LogP contribution is 2.24. The number of rotatable bonds is 8. The van der Waals surface area contributed by atoms with E-state index in [1.807, 2.05) is 18.2 Å². The maximum absolute atomic E-state index is 12.3. The predicted molar refractivity (Wildman–Crippen MR) is 100 cm³/mol. The van der Waals surface area contributed by atoms with Crippen molar-refractivity contribution in [1.29, 1.82) is 0 Å². The lowest BCUT2D eigenvalue weighted by atomic mass is 9.96. The molecule has 0 spiro atoms. The van der Waals surface area contributed by atoms with Crippen LogP contribution in [-0.4, -0.2) is 23.5 Å². The number of hydrogen-bond donors (Lipinski definition) is 1. The largest absolute Gasteiger partial charge is 0.481 e. The maximum atomic E-state index is 12.3. The van der Waals surface area contributed by atoms with E-state index >= 15 is 0 Å². The molecule has 0 fully saturated rings. The molecule has 0 bridgehead atoms. The van der Waals surface area contributed by atoms with Crippen LogP contribution in [0.1, 0.15) is 37.3 Å². The van der Waals surface area contributed by atoms with E-state index < -0.39 is 11.0 Å². The van der Waals surface area contributed by atoms with Crippen molar-refractivity contribution < 1.29 is 14.5 Å². The first-order valence-corrected chi connectivity index (χ1v) is 8.66.